The lowest BCUT2D eigenvalue weighted by molar-refractivity contribution is -0.125. The predicted molar refractivity (Wildman–Crippen MR) is 63.5 cm³/mol. The van der Waals surface area contributed by atoms with E-state index in [1.54, 1.807) is 11.7 Å². The van der Waals surface area contributed by atoms with Crippen LogP contribution >= 0.6 is 0 Å². The van der Waals surface area contributed by atoms with Crippen LogP contribution in [-0.4, -0.2) is 21.5 Å². The Kier molecular flexibility index (Phi) is 3.26. The highest BCUT2D eigenvalue weighted by molar-refractivity contribution is 5.93. The molecule has 1 fully saturated rings. The van der Waals surface area contributed by atoms with E-state index in [0.29, 0.717) is 31.5 Å². The minimum atomic E-state index is -0.0390. The zero-order chi connectivity index (χ0) is 12.4. The van der Waals surface area contributed by atoms with Gasteiger partial charge in [-0.15, -0.1) is 0 Å². The Morgan fingerprint density at radius 1 is 1.47 bits per heavy atom. The van der Waals surface area contributed by atoms with Crippen LogP contribution in [0.1, 0.15) is 31.4 Å². The van der Waals surface area contributed by atoms with E-state index in [-0.39, 0.29) is 17.6 Å². The van der Waals surface area contributed by atoms with Crippen LogP contribution in [0.4, 0.5) is 5.82 Å². The second kappa shape index (κ2) is 4.69. The van der Waals surface area contributed by atoms with Crippen LogP contribution in [0.25, 0.3) is 0 Å². The van der Waals surface area contributed by atoms with Gasteiger partial charge in [0.25, 0.3) is 0 Å². The van der Waals surface area contributed by atoms with Crippen LogP contribution in [0.5, 0.6) is 0 Å². The molecule has 17 heavy (non-hydrogen) atoms. The molecular weight excluding hydrogens is 218 g/mol. The second-order valence-electron chi connectivity index (χ2n) is 4.60. The summed E-state index contributed by atoms with van der Waals surface area (Å²) in [6.07, 6.45) is 2.40. The highest BCUT2D eigenvalue weighted by atomic mass is 16.2. The maximum absolute atomic E-state index is 12.0. The molecule has 0 atom stereocenters. The number of aromatic nitrogens is 2. The van der Waals surface area contributed by atoms with Crippen molar-refractivity contribution in [2.24, 2.45) is 13.0 Å². The molecule has 0 aromatic carbocycles. The minimum absolute atomic E-state index is 0.000463. The molecule has 1 aromatic rings. The fraction of sp³-hybridized carbons (Fsp3) is 0.583. The summed E-state index contributed by atoms with van der Waals surface area (Å²) in [5, 5.41) is 7.03. The lowest BCUT2D eigenvalue weighted by Crippen LogP contribution is -2.27. The first-order valence-corrected chi connectivity index (χ1v) is 5.89. The van der Waals surface area contributed by atoms with Crippen LogP contribution in [0.3, 0.4) is 0 Å². The third-order valence-corrected chi connectivity index (χ3v) is 3.17. The monoisotopic (exact) mass is 235 g/mol. The molecule has 0 aliphatic heterocycles. The molecule has 1 N–H and O–H groups in total. The lowest BCUT2D eigenvalue weighted by atomic mass is 9.88. The van der Waals surface area contributed by atoms with Crippen molar-refractivity contribution in [2.45, 2.75) is 32.6 Å². The topological polar surface area (TPSA) is 64.0 Å². The Morgan fingerprint density at radius 2 is 2.12 bits per heavy atom. The van der Waals surface area contributed by atoms with E-state index in [9.17, 15) is 9.59 Å². The summed E-state index contributed by atoms with van der Waals surface area (Å²) < 4.78 is 1.65. The third-order valence-electron chi connectivity index (χ3n) is 3.17. The van der Waals surface area contributed by atoms with Crippen molar-refractivity contribution >= 4 is 17.5 Å². The second-order valence-corrected chi connectivity index (χ2v) is 4.60. The van der Waals surface area contributed by atoms with Gasteiger partial charge < -0.3 is 5.32 Å². The first-order chi connectivity index (χ1) is 8.06. The SMILES string of the molecule is Cc1cc(NC(=O)C2CCC(=O)CC2)n(C)n1. The van der Waals surface area contributed by atoms with E-state index in [0.717, 1.165) is 5.69 Å². The van der Waals surface area contributed by atoms with Crippen molar-refractivity contribution in [3.8, 4) is 0 Å². The van der Waals surface area contributed by atoms with Crippen molar-refractivity contribution in [2.75, 3.05) is 5.32 Å². The standard InChI is InChI=1S/C12H17N3O2/c1-8-7-11(15(2)14-8)13-12(17)9-3-5-10(16)6-4-9/h7,9H,3-6H2,1-2H3,(H,13,17). The molecule has 1 saturated carbocycles. The van der Waals surface area contributed by atoms with Crippen molar-refractivity contribution in [1.29, 1.82) is 0 Å². The summed E-state index contributed by atoms with van der Waals surface area (Å²) in [7, 11) is 1.80. The smallest absolute Gasteiger partial charge is 0.228 e. The first-order valence-electron chi connectivity index (χ1n) is 5.89. The maximum Gasteiger partial charge on any atom is 0.228 e. The molecule has 1 aromatic heterocycles. The van der Waals surface area contributed by atoms with Gasteiger partial charge in [-0.05, 0) is 19.8 Å². The van der Waals surface area contributed by atoms with Gasteiger partial charge in [0.1, 0.15) is 11.6 Å². The number of carbonyl (C=O) groups excluding carboxylic acids is 2. The van der Waals surface area contributed by atoms with Gasteiger partial charge in [-0.25, -0.2) is 0 Å². The number of anilines is 1. The van der Waals surface area contributed by atoms with Gasteiger partial charge in [0.05, 0.1) is 5.69 Å². The molecule has 0 radical (unpaired) electrons. The number of ketones is 1. The van der Waals surface area contributed by atoms with Crippen molar-refractivity contribution in [3.63, 3.8) is 0 Å². The third kappa shape index (κ3) is 2.72. The summed E-state index contributed by atoms with van der Waals surface area (Å²) in [5.41, 5.74) is 0.877. The Labute approximate surface area is 100 Å². The van der Waals surface area contributed by atoms with Crippen LogP contribution in [0.2, 0.25) is 0 Å². The van der Waals surface area contributed by atoms with E-state index in [2.05, 4.69) is 10.4 Å². The Balaban J connectivity index is 1.97. The van der Waals surface area contributed by atoms with E-state index in [1.165, 1.54) is 0 Å². The van der Waals surface area contributed by atoms with Crippen LogP contribution < -0.4 is 5.32 Å². The van der Waals surface area contributed by atoms with Crippen molar-refractivity contribution in [1.82, 2.24) is 9.78 Å². The Bertz CT molecular complexity index is 441. The van der Waals surface area contributed by atoms with Crippen molar-refractivity contribution in [3.05, 3.63) is 11.8 Å². The number of nitrogens with zero attached hydrogens (tertiary/aromatic N) is 2. The summed E-state index contributed by atoms with van der Waals surface area (Å²) >= 11 is 0. The first kappa shape index (κ1) is 11.8. The average molecular weight is 235 g/mol. The van der Waals surface area contributed by atoms with Gasteiger partial charge in [-0.3, -0.25) is 14.3 Å². The fourth-order valence-electron chi connectivity index (χ4n) is 2.16. The maximum atomic E-state index is 12.0. The van der Waals surface area contributed by atoms with Gasteiger partial charge >= 0.3 is 0 Å². The predicted octanol–water partition coefficient (Wildman–Crippen LogP) is 1.43. The molecule has 5 nitrogen and oxygen atoms in total. The van der Waals surface area contributed by atoms with Crippen LogP contribution in [-0.2, 0) is 16.6 Å². The van der Waals surface area contributed by atoms with Crippen LogP contribution in [0, 0.1) is 12.8 Å². The fourth-order valence-corrected chi connectivity index (χ4v) is 2.16. The molecule has 92 valence electrons. The highest BCUT2D eigenvalue weighted by Gasteiger charge is 2.25. The Morgan fingerprint density at radius 3 is 2.65 bits per heavy atom. The lowest BCUT2D eigenvalue weighted by Gasteiger charge is -2.19. The number of hydrogen-bond donors (Lipinski definition) is 1. The largest absolute Gasteiger partial charge is 0.311 e. The molecule has 0 spiro atoms. The summed E-state index contributed by atoms with van der Waals surface area (Å²) in [6.45, 7) is 1.88. The van der Waals surface area contributed by atoms with E-state index in [1.807, 2.05) is 13.0 Å². The highest BCUT2D eigenvalue weighted by Crippen LogP contribution is 2.23. The number of aryl methyl sites for hydroxylation is 2. The van der Waals surface area contributed by atoms with E-state index >= 15 is 0 Å². The number of Topliss-reactive ketones (excluding diaryl/α,β-unsaturated/α-hetero) is 1. The molecule has 1 aliphatic rings. The number of nitrogens with one attached hydrogen (secondary N) is 1. The zero-order valence-electron chi connectivity index (χ0n) is 10.2. The van der Waals surface area contributed by atoms with E-state index in [4.69, 9.17) is 0 Å². The average Bonchev–Trinajstić information content (AvgIpc) is 2.58. The summed E-state index contributed by atoms with van der Waals surface area (Å²) in [6, 6.07) is 1.84. The summed E-state index contributed by atoms with van der Waals surface area (Å²) in [4.78, 5) is 23.1. The van der Waals surface area contributed by atoms with Crippen LogP contribution in [0.15, 0.2) is 6.07 Å². The van der Waals surface area contributed by atoms with Gasteiger partial charge in [0.2, 0.25) is 5.91 Å². The Hall–Kier alpha value is -1.65. The molecule has 0 unspecified atom stereocenters. The molecule has 1 amide bonds. The summed E-state index contributed by atoms with van der Waals surface area (Å²) in [5.74, 6) is 0.943. The molecule has 1 heterocycles. The van der Waals surface area contributed by atoms with Gasteiger partial charge in [0.15, 0.2) is 0 Å². The minimum Gasteiger partial charge on any atom is -0.311 e. The quantitative estimate of drug-likeness (QED) is 0.843. The van der Waals surface area contributed by atoms with E-state index < -0.39 is 0 Å². The molecule has 0 saturated heterocycles. The number of carbonyl (C=O) groups is 2. The zero-order valence-corrected chi connectivity index (χ0v) is 10.2. The molecule has 5 heteroatoms. The molecular formula is C12H17N3O2. The number of rotatable bonds is 2. The molecule has 1 aliphatic carbocycles. The number of amides is 1. The number of hydrogen-bond acceptors (Lipinski definition) is 3. The normalized spacial score (nSPS) is 17.2. The molecule has 2 rings (SSSR count). The van der Waals surface area contributed by atoms with Gasteiger partial charge in [-0.2, -0.15) is 5.10 Å². The molecule has 0 bridgehead atoms. The van der Waals surface area contributed by atoms with Gasteiger partial charge in [-0.1, -0.05) is 0 Å². The van der Waals surface area contributed by atoms with Crippen molar-refractivity contribution < 1.29 is 9.59 Å². The van der Waals surface area contributed by atoms with Gasteiger partial charge in [0, 0.05) is 31.9 Å².